The highest BCUT2D eigenvalue weighted by molar-refractivity contribution is 5.23. The first-order valence-corrected chi connectivity index (χ1v) is 6.66. The molecule has 15 heavy (non-hydrogen) atoms. The Kier molecular flexibility index (Phi) is 1.79. The minimum Gasteiger partial charge on any atom is -0.0996 e. The van der Waals surface area contributed by atoms with Gasteiger partial charge in [-0.25, -0.2) is 0 Å². The third-order valence-electron chi connectivity index (χ3n) is 6.35. The Morgan fingerprint density at radius 3 is 2.73 bits per heavy atom. The maximum Gasteiger partial charge on any atom is -0.0146 e. The van der Waals surface area contributed by atoms with Crippen LogP contribution < -0.4 is 0 Å². The Bertz CT molecular complexity index is 312. The molecule has 0 N–H and O–H groups in total. The van der Waals surface area contributed by atoms with Crippen molar-refractivity contribution in [3.63, 3.8) is 0 Å². The maximum absolute atomic E-state index is 4.34. The van der Waals surface area contributed by atoms with Crippen LogP contribution in [-0.2, 0) is 0 Å². The van der Waals surface area contributed by atoms with Gasteiger partial charge >= 0.3 is 0 Å². The largest absolute Gasteiger partial charge is 0.0996 e. The number of rotatable bonds is 0. The van der Waals surface area contributed by atoms with Gasteiger partial charge in [0.15, 0.2) is 0 Å². The van der Waals surface area contributed by atoms with Crippen molar-refractivity contribution in [2.75, 3.05) is 0 Å². The van der Waals surface area contributed by atoms with Gasteiger partial charge in [-0.15, -0.1) is 0 Å². The molecule has 3 aliphatic rings. The molecule has 2 bridgehead atoms. The van der Waals surface area contributed by atoms with Crippen LogP contribution in [-0.4, -0.2) is 0 Å². The quantitative estimate of drug-likeness (QED) is 0.513. The lowest BCUT2D eigenvalue weighted by atomic mass is 9.67. The first-order chi connectivity index (χ1) is 6.98. The van der Waals surface area contributed by atoms with Gasteiger partial charge in [-0.3, -0.25) is 0 Å². The van der Waals surface area contributed by atoms with Gasteiger partial charge in [-0.1, -0.05) is 32.9 Å². The van der Waals surface area contributed by atoms with Gasteiger partial charge in [0.2, 0.25) is 0 Å². The summed E-state index contributed by atoms with van der Waals surface area (Å²) in [6.07, 6.45) is 7.18. The molecular formula is C15H24. The summed E-state index contributed by atoms with van der Waals surface area (Å²) in [5.41, 5.74) is 2.82. The Morgan fingerprint density at radius 2 is 2.00 bits per heavy atom. The Balaban J connectivity index is 2.08. The van der Waals surface area contributed by atoms with E-state index in [0.29, 0.717) is 5.41 Å². The van der Waals surface area contributed by atoms with Crippen molar-refractivity contribution in [2.45, 2.75) is 52.9 Å². The molecule has 0 saturated heterocycles. The minimum atomic E-state index is 0.540. The topological polar surface area (TPSA) is 0 Å². The van der Waals surface area contributed by atoms with E-state index in [1.807, 2.05) is 0 Å². The van der Waals surface area contributed by atoms with Gasteiger partial charge in [0, 0.05) is 0 Å². The van der Waals surface area contributed by atoms with Crippen LogP contribution in [0, 0.1) is 28.6 Å². The summed E-state index contributed by atoms with van der Waals surface area (Å²) in [6, 6.07) is 0. The molecule has 0 heterocycles. The minimum absolute atomic E-state index is 0.540. The van der Waals surface area contributed by atoms with Gasteiger partial charge < -0.3 is 0 Å². The zero-order valence-corrected chi connectivity index (χ0v) is 10.5. The van der Waals surface area contributed by atoms with Gasteiger partial charge in [0.1, 0.15) is 0 Å². The monoisotopic (exact) mass is 204 g/mol. The summed E-state index contributed by atoms with van der Waals surface area (Å²) in [5.74, 6) is 2.79. The summed E-state index contributed by atoms with van der Waals surface area (Å²) in [5, 5.41) is 0. The SMILES string of the molecule is C=C1CC[C@@]23C[C@@H]1C(C)(C)[C@@H]2CC[C@@H]3C. The second-order valence-corrected chi connectivity index (χ2v) is 7.00. The Labute approximate surface area is 94.1 Å². The Morgan fingerprint density at radius 1 is 1.27 bits per heavy atom. The van der Waals surface area contributed by atoms with Crippen molar-refractivity contribution in [3.05, 3.63) is 12.2 Å². The van der Waals surface area contributed by atoms with Crippen LogP contribution in [0.15, 0.2) is 12.2 Å². The molecule has 0 nitrogen and oxygen atoms in total. The predicted octanol–water partition coefficient (Wildman–Crippen LogP) is 4.42. The van der Waals surface area contributed by atoms with Crippen molar-refractivity contribution in [2.24, 2.45) is 28.6 Å². The molecule has 0 unspecified atom stereocenters. The van der Waals surface area contributed by atoms with E-state index < -0.39 is 0 Å². The summed E-state index contributed by atoms with van der Waals surface area (Å²) >= 11 is 0. The molecule has 0 aromatic heterocycles. The van der Waals surface area contributed by atoms with E-state index in [9.17, 15) is 0 Å². The van der Waals surface area contributed by atoms with Gasteiger partial charge in [-0.05, 0) is 60.7 Å². The highest BCUT2D eigenvalue weighted by Crippen LogP contribution is 2.72. The van der Waals surface area contributed by atoms with Gasteiger partial charge in [0.25, 0.3) is 0 Å². The lowest BCUT2D eigenvalue weighted by Crippen LogP contribution is -2.30. The molecule has 3 aliphatic carbocycles. The molecule has 1 spiro atoms. The second kappa shape index (κ2) is 2.70. The van der Waals surface area contributed by atoms with Crippen LogP contribution in [0.5, 0.6) is 0 Å². The van der Waals surface area contributed by atoms with E-state index in [4.69, 9.17) is 0 Å². The summed E-state index contributed by atoms with van der Waals surface area (Å²) < 4.78 is 0. The third kappa shape index (κ3) is 0.990. The molecule has 0 aliphatic heterocycles. The van der Waals surface area contributed by atoms with Crippen molar-refractivity contribution in [1.82, 2.24) is 0 Å². The fourth-order valence-electron chi connectivity index (χ4n) is 5.44. The normalized spacial score (nSPS) is 51.9. The second-order valence-electron chi connectivity index (χ2n) is 7.00. The first-order valence-electron chi connectivity index (χ1n) is 6.66. The Hall–Kier alpha value is -0.260. The van der Waals surface area contributed by atoms with Crippen molar-refractivity contribution >= 4 is 0 Å². The standard InChI is InChI=1S/C15H24/c1-10-7-8-15-9-12(10)14(3,4)13(15)6-5-11(15)2/h11-13H,1,5-9H2,2-4H3/t11-,12-,13-,15-/m0/s1. The fraction of sp³-hybridized carbons (Fsp3) is 0.867. The average molecular weight is 204 g/mol. The van der Waals surface area contributed by atoms with Crippen molar-refractivity contribution in [1.29, 1.82) is 0 Å². The van der Waals surface area contributed by atoms with Crippen molar-refractivity contribution in [3.8, 4) is 0 Å². The van der Waals surface area contributed by atoms with E-state index in [1.54, 1.807) is 5.57 Å². The third-order valence-corrected chi connectivity index (χ3v) is 6.35. The summed E-state index contributed by atoms with van der Waals surface area (Å²) in [4.78, 5) is 0. The molecule has 4 atom stereocenters. The molecule has 3 fully saturated rings. The van der Waals surface area contributed by atoms with E-state index in [1.165, 1.54) is 32.1 Å². The zero-order valence-electron chi connectivity index (χ0n) is 10.5. The lowest BCUT2D eigenvalue weighted by Gasteiger charge is -2.38. The smallest absolute Gasteiger partial charge is 0.0146 e. The van der Waals surface area contributed by atoms with Gasteiger partial charge in [-0.2, -0.15) is 0 Å². The van der Waals surface area contributed by atoms with E-state index in [2.05, 4.69) is 27.4 Å². The predicted molar refractivity (Wildman–Crippen MR) is 64.6 cm³/mol. The van der Waals surface area contributed by atoms with E-state index >= 15 is 0 Å². The highest BCUT2D eigenvalue weighted by atomic mass is 14.7. The van der Waals surface area contributed by atoms with Crippen LogP contribution in [0.2, 0.25) is 0 Å². The molecule has 84 valence electrons. The number of fused-ring (bicyclic) bond motifs is 1. The molecular weight excluding hydrogens is 180 g/mol. The number of allylic oxidation sites excluding steroid dienone is 1. The van der Waals surface area contributed by atoms with Gasteiger partial charge in [0.05, 0.1) is 0 Å². The van der Waals surface area contributed by atoms with Crippen molar-refractivity contribution < 1.29 is 0 Å². The zero-order chi connectivity index (χ0) is 10.8. The molecule has 0 aromatic rings. The van der Waals surface area contributed by atoms with Crippen LogP contribution >= 0.6 is 0 Å². The highest BCUT2D eigenvalue weighted by Gasteiger charge is 2.63. The summed E-state index contributed by atoms with van der Waals surface area (Å²) in [6.45, 7) is 11.9. The van der Waals surface area contributed by atoms with Crippen LogP contribution in [0.25, 0.3) is 0 Å². The van der Waals surface area contributed by atoms with Crippen LogP contribution in [0.4, 0.5) is 0 Å². The maximum atomic E-state index is 4.34. The summed E-state index contributed by atoms with van der Waals surface area (Å²) in [7, 11) is 0. The number of hydrogen-bond donors (Lipinski definition) is 0. The molecule has 0 aromatic carbocycles. The molecule has 0 radical (unpaired) electrons. The molecule has 0 amide bonds. The number of hydrogen-bond acceptors (Lipinski definition) is 0. The molecule has 0 heteroatoms. The van der Waals surface area contributed by atoms with Crippen LogP contribution in [0.1, 0.15) is 52.9 Å². The first kappa shape index (κ1) is 9.93. The average Bonchev–Trinajstić information content (AvgIpc) is 2.57. The fourth-order valence-corrected chi connectivity index (χ4v) is 5.44. The van der Waals surface area contributed by atoms with E-state index in [-0.39, 0.29) is 0 Å². The molecule has 3 rings (SSSR count). The molecule has 3 saturated carbocycles. The van der Waals surface area contributed by atoms with Crippen LogP contribution in [0.3, 0.4) is 0 Å². The van der Waals surface area contributed by atoms with E-state index in [0.717, 1.165) is 23.2 Å². The lowest BCUT2D eigenvalue weighted by molar-refractivity contribution is 0.118.